The van der Waals surface area contributed by atoms with E-state index in [4.69, 9.17) is 20.2 Å². The molecule has 2 aromatic carbocycles. The van der Waals surface area contributed by atoms with Gasteiger partial charge in [0.05, 0.1) is 34.5 Å². The number of esters is 1. The number of nitrogens with zero attached hydrogens (tertiary/aromatic N) is 2. The molecule has 0 amide bonds. The summed E-state index contributed by atoms with van der Waals surface area (Å²) in [6, 6.07) is 17.6. The van der Waals surface area contributed by atoms with Crippen LogP contribution in [0.4, 0.5) is 10.8 Å². The number of ether oxygens (including phenoxy) is 2. The van der Waals surface area contributed by atoms with Crippen LogP contribution in [0, 0.1) is 11.3 Å². The van der Waals surface area contributed by atoms with Gasteiger partial charge < -0.3 is 20.5 Å². The second-order valence-corrected chi connectivity index (χ2v) is 10.4. The number of allylic oxidation sites excluding steroid dienone is 1. The molecule has 0 saturated heterocycles. The maximum atomic E-state index is 13.2. The van der Waals surface area contributed by atoms with Gasteiger partial charge in [-0.1, -0.05) is 40.2 Å². The highest BCUT2D eigenvalue weighted by Gasteiger charge is 2.37. The molecule has 5 rings (SSSR count). The van der Waals surface area contributed by atoms with Crippen LogP contribution in [0.1, 0.15) is 36.5 Å². The summed E-state index contributed by atoms with van der Waals surface area (Å²) in [5.41, 5.74) is 11.9. The van der Waals surface area contributed by atoms with Crippen molar-refractivity contribution < 1.29 is 14.3 Å². The molecule has 1 unspecified atom stereocenters. The van der Waals surface area contributed by atoms with Crippen LogP contribution in [0.2, 0.25) is 0 Å². The number of pyridine rings is 1. The Bertz CT molecular complexity index is 1600. The van der Waals surface area contributed by atoms with Gasteiger partial charge in [-0.2, -0.15) is 5.26 Å². The predicted molar refractivity (Wildman–Crippen MR) is 150 cm³/mol. The van der Waals surface area contributed by atoms with Gasteiger partial charge in [-0.3, -0.25) is 0 Å². The van der Waals surface area contributed by atoms with Gasteiger partial charge in [-0.25, -0.2) is 9.78 Å². The Balaban J connectivity index is 1.83. The number of nitriles is 1. The molecule has 9 heteroatoms. The van der Waals surface area contributed by atoms with Gasteiger partial charge in [-0.05, 0) is 49.2 Å². The summed E-state index contributed by atoms with van der Waals surface area (Å²) in [7, 11) is 1.61. The minimum absolute atomic E-state index is 0.144. The van der Waals surface area contributed by atoms with E-state index in [1.54, 1.807) is 14.0 Å². The van der Waals surface area contributed by atoms with E-state index < -0.39 is 11.9 Å². The summed E-state index contributed by atoms with van der Waals surface area (Å²) in [5.74, 6) is 0.0108. The first-order chi connectivity index (χ1) is 17.9. The fourth-order valence-corrected chi connectivity index (χ4v) is 6.28. The van der Waals surface area contributed by atoms with Gasteiger partial charge in [0.15, 0.2) is 0 Å². The predicted octanol–water partition coefficient (Wildman–Crippen LogP) is 6.58. The number of benzene rings is 2. The van der Waals surface area contributed by atoms with E-state index in [-0.39, 0.29) is 12.4 Å². The van der Waals surface area contributed by atoms with Gasteiger partial charge in [0.25, 0.3) is 0 Å². The smallest absolute Gasteiger partial charge is 0.336 e. The number of aromatic nitrogens is 1. The number of halogens is 1. The molecule has 0 bridgehead atoms. The van der Waals surface area contributed by atoms with Crippen molar-refractivity contribution in [2.75, 3.05) is 24.8 Å². The highest BCUT2D eigenvalue weighted by atomic mass is 79.9. The molecule has 37 heavy (non-hydrogen) atoms. The SMILES string of the molecule is CCOC(=O)C1=C(C)Nc2sc3c(-c4ccc(Br)cc4)c(C#N)c(N)nc3c2C1c1ccc(OC)cc1. The van der Waals surface area contributed by atoms with E-state index in [1.807, 2.05) is 55.5 Å². The molecule has 1 aliphatic heterocycles. The molecule has 0 radical (unpaired) electrons. The number of methoxy groups -OCH3 is 1. The number of rotatable bonds is 5. The number of thiophene rings is 1. The topological polar surface area (TPSA) is 110 Å². The Hall–Kier alpha value is -3.87. The molecule has 186 valence electrons. The average molecular weight is 575 g/mol. The van der Waals surface area contributed by atoms with Crippen molar-refractivity contribution in [3.05, 3.63) is 81.0 Å². The lowest BCUT2D eigenvalue weighted by atomic mass is 9.82. The van der Waals surface area contributed by atoms with Gasteiger partial charge in [0.2, 0.25) is 0 Å². The Labute approximate surface area is 226 Å². The average Bonchev–Trinajstić information content (AvgIpc) is 3.25. The van der Waals surface area contributed by atoms with Gasteiger partial charge in [-0.15, -0.1) is 11.3 Å². The third kappa shape index (κ3) is 4.22. The van der Waals surface area contributed by atoms with Crippen LogP contribution in [0.3, 0.4) is 0 Å². The standard InChI is InChI=1S/C28H23BrN4O3S/c1-4-36-28(34)20-14(2)32-27-23(22(20)16-7-11-18(35-3)12-8-16)24-25(37-27)21(19(13-30)26(31)33-24)15-5-9-17(29)10-6-15/h5-12,22,32H,4H2,1-3H3,(H2,31,33). The zero-order valence-corrected chi connectivity index (χ0v) is 22.8. The van der Waals surface area contributed by atoms with Gasteiger partial charge in [0, 0.05) is 27.2 Å². The quantitative estimate of drug-likeness (QED) is 0.259. The van der Waals surface area contributed by atoms with Crippen molar-refractivity contribution in [1.82, 2.24) is 4.98 Å². The highest BCUT2D eigenvalue weighted by molar-refractivity contribution is 9.10. The normalized spacial score (nSPS) is 14.6. The highest BCUT2D eigenvalue weighted by Crippen LogP contribution is 2.52. The molecule has 0 spiro atoms. The number of anilines is 2. The first-order valence-electron chi connectivity index (χ1n) is 11.6. The summed E-state index contributed by atoms with van der Waals surface area (Å²) in [4.78, 5) is 18.0. The Morgan fingerprint density at radius 2 is 1.92 bits per heavy atom. The van der Waals surface area contributed by atoms with Crippen molar-refractivity contribution in [1.29, 1.82) is 5.26 Å². The largest absolute Gasteiger partial charge is 0.497 e. The lowest BCUT2D eigenvalue weighted by Gasteiger charge is -2.28. The summed E-state index contributed by atoms with van der Waals surface area (Å²) >= 11 is 4.98. The molecule has 1 aliphatic rings. The third-order valence-electron chi connectivity index (χ3n) is 6.36. The number of nitrogen functional groups attached to an aromatic ring is 1. The first-order valence-corrected chi connectivity index (χ1v) is 13.2. The summed E-state index contributed by atoms with van der Waals surface area (Å²) in [6.45, 7) is 3.91. The van der Waals surface area contributed by atoms with E-state index in [0.29, 0.717) is 28.1 Å². The summed E-state index contributed by atoms with van der Waals surface area (Å²) < 4.78 is 12.6. The number of nitrogens with two attached hydrogens (primary N) is 1. The summed E-state index contributed by atoms with van der Waals surface area (Å²) in [5, 5.41) is 14.3. The van der Waals surface area contributed by atoms with Crippen molar-refractivity contribution in [3.8, 4) is 22.9 Å². The molecule has 0 saturated carbocycles. The Kier molecular flexibility index (Phi) is 6.63. The van der Waals surface area contributed by atoms with Crippen LogP contribution in [-0.4, -0.2) is 24.7 Å². The third-order valence-corrected chi connectivity index (χ3v) is 8.01. The molecule has 4 aromatic rings. The molecular formula is C28H23BrN4O3S. The molecule has 0 aliphatic carbocycles. The van der Waals surface area contributed by atoms with Crippen LogP contribution >= 0.6 is 27.3 Å². The number of carbonyl (C=O) groups is 1. The second kappa shape index (κ2) is 9.88. The van der Waals surface area contributed by atoms with E-state index in [2.05, 4.69) is 27.3 Å². The molecule has 3 N–H and O–H groups in total. The van der Waals surface area contributed by atoms with Crippen LogP contribution in [-0.2, 0) is 9.53 Å². The van der Waals surface area contributed by atoms with E-state index in [1.165, 1.54) is 11.3 Å². The van der Waals surface area contributed by atoms with Gasteiger partial charge >= 0.3 is 5.97 Å². The molecular weight excluding hydrogens is 552 g/mol. The van der Waals surface area contributed by atoms with E-state index >= 15 is 0 Å². The molecule has 3 heterocycles. The number of nitrogens with one attached hydrogen (secondary N) is 1. The maximum absolute atomic E-state index is 13.2. The van der Waals surface area contributed by atoms with Crippen LogP contribution < -0.4 is 15.8 Å². The lowest BCUT2D eigenvalue weighted by Crippen LogP contribution is -2.23. The molecule has 0 fully saturated rings. The van der Waals surface area contributed by atoms with Crippen molar-refractivity contribution in [2.45, 2.75) is 19.8 Å². The number of hydrogen-bond acceptors (Lipinski definition) is 8. The molecule has 1 atom stereocenters. The lowest BCUT2D eigenvalue weighted by molar-refractivity contribution is -0.138. The van der Waals surface area contributed by atoms with Crippen molar-refractivity contribution in [3.63, 3.8) is 0 Å². The number of fused-ring (bicyclic) bond motifs is 3. The monoisotopic (exact) mass is 574 g/mol. The van der Waals surface area contributed by atoms with Crippen LogP contribution in [0.15, 0.2) is 64.3 Å². The summed E-state index contributed by atoms with van der Waals surface area (Å²) in [6.07, 6.45) is 0. The van der Waals surface area contributed by atoms with E-state index in [9.17, 15) is 10.1 Å². The fourth-order valence-electron chi connectivity index (χ4n) is 4.71. The zero-order chi connectivity index (χ0) is 26.3. The Morgan fingerprint density at radius 1 is 1.22 bits per heavy atom. The number of carbonyl (C=O) groups excluding carboxylic acids is 1. The minimum Gasteiger partial charge on any atom is -0.497 e. The first kappa shape index (κ1) is 24.8. The minimum atomic E-state index is -0.451. The van der Waals surface area contributed by atoms with Crippen molar-refractivity contribution >= 4 is 54.3 Å². The van der Waals surface area contributed by atoms with Gasteiger partial charge in [0.1, 0.15) is 23.2 Å². The fraction of sp³-hybridized carbons (Fsp3) is 0.179. The second-order valence-electron chi connectivity index (χ2n) is 8.48. The maximum Gasteiger partial charge on any atom is 0.336 e. The van der Waals surface area contributed by atoms with Crippen LogP contribution in [0.5, 0.6) is 5.75 Å². The Morgan fingerprint density at radius 3 is 2.54 bits per heavy atom. The van der Waals surface area contributed by atoms with Crippen LogP contribution in [0.25, 0.3) is 21.3 Å². The van der Waals surface area contributed by atoms with Crippen molar-refractivity contribution in [2.24, 2.45) is 0 Å². The zero-order valence-electron chi connectivity index (χ0n) is 20.4. The van der Waals surface area contributed by atoms with E-state index in [0.717, 1.165) is 36.4 Å². The molecule has 7 nitrogen and oxygen atoms in total. The number of hydrogen-bond donors (Lipinski definition) is 2. The molecule has 2 aromatic heterocycles.